The molecule has 6 nitrogen and oxygen atoms in total. The summed E-state index contributed by atoms with van der Waals surface area (Å²) in [5, 5.41) is 2.90. The standard InChI is InChI=1S/C21H25NO5/c1-14-5-10-19(15(2)13-14)22-20(23)17-6-8-18(9-7-17)27-16(3)21(24)26-12-11-25-4/h5-10,13,16H,11-12H2,1-4H3,(H,22,23). The van der Waals surface area contributed by atoms with E-state index in [0.29, 0.717) is 17.9 Å². The molecule has 1 amide bonds. The van der Waals surface area contributed by atoms with Crippen LogP contribution in [-0.4, -0.2) is 38.3 Å². The minimum absolute atomic E-state index is 0.181. The largest absolute Gasteiger partial charge is 0.479 e. The van der Waals surface area contributed by atoms with E-state index in [-0.39, 0.29) is 12.5 Å². The summed E-state index contributed by atoms with van der Waals surface area (Å²) in [5.74, 6) is -0.196. The molecule has 0 aliphatic rings. The zero-order valence-electron chi connectivity index (χ0n) is 16.1. The molecule has 1 unspecified atom stereocenters. The van der Waals surface area contributed by atoms with E-state index in [9.17, 15) is 9.59 Å². The minimum atomic E-state index is -0.753. The molecule has 2 aromatic carbocycles. The van der Waals surface area contributed by atoms with Gasteiger partial charge in [0.25, 0.3) is 5.91 Å². The van der Waals surface area contributed by atoms with Crippen molar-refractivity contribution in [3.8, 4) is 5.75 Å². The summed E-state index contributed by atoms with van der Waals surface area (Å²) in [4.78, 5) is 24.2. The topological polar surface area (TPSA) is 73.9 Å². The van der Waals surface area contributed by atoms with Gasteiger partial charge >= 0.3 is 5.97 Å². The number of hydrogen-bond acceptors (Lipinski definition) is 5. The van der Waals surface area contributed by atoms with E-state index in [1.54, 1.807) is 31.2 Å². The van der Waals surface area contributed by atoms with Gasteiger partial charge in [0.05, 0.1) is 6.61 Å². The molecule has 0 aromatic heterocycles. The Morgan fingerprint density at radius 2 is 1.74 bits per heavy atom. The average molecular weight is 371 g/mol. The van der Waals surface area contributed by atoms with E-state index in [2.05, 4.69) is 5.32 Å². The molecular weight excluding hydrogens is 346 g/mol. The van der Waals surface area contributed by atoms with Crippen molar-refractivity contribution < 1.29 is 23.8 Å². The van der Waals surface area contributed by atoms with Gasteiger partial charge in [-0.3, -0.25) is 4.79 Å². The predicted octanol–water partition coefficient (Wildman–Crippen LogP) is 3.51. The van der Waals surface area contributed by atoms with Crippen LogP contribution in [0.1, 0.15) is 28.4 Å². The third-order valence-corrected chi connectivity index (χ3v) is 3.92. The second-order valence-electron chi connectivity index (χ2n) is 6.22. The second kappa shape index (κ2) is 9.73. The highest BCUT2D eigenvalue weighted by molar-refractivity contribution is 6.04. The summed E-state index contributed by atoms with van der Waals surface area (Å²) in [5.41, 5.74) is 3.42. The van der Waals surface area contributed by atoms with Crippen LogP contribution in [0.25, 0.3) is 0 Å². The fourth-order valence-electron chi connectivity index (χ4n) is 2.43. The van der Waals surface area contributed by atoms with Gasteiger partial charge in [0, 0.05) is 18.4 Å². The van der Waals surface area contributed by atoms with Gasteiger partial charge in [0.2, 0.25) is 0 Å². The van der Waals surface area contributed by atoms with Crippen molar-refractivity contribution in [2.75, 3.05) is 25.6 Å². The molecule has 6 heteroatoms. The predicted molar refractivity (Wildman–Crippen MR) is 103 cm³/mol. The van der Waals surface area contributed by atoms with Crippen molar-refractivity contribution in [3.05, 3.63) is 59.2 Å². The normalized spacial score (nSPS) is 11.6. The average Bonchev–Trinajstić information content (AvgIpc) is 2.64. The summed E-state index contributed by atoms with van der Waals surface area (Å²) in [6.45, 7) is 6.08. The van der Waals surface area contributed by atoms with Gasteiger partial charge in [-0.1, -0.05) is 17.7 Å². The van der Waals surface area contributed by atoms with E-state index in [0.717, 1.165) is 16.8 Å². The monoisotopic (exact) mass is 371 g/mol. The quantitative estimate of drug-likeness (QED) is 0.568. The van der Waals surface area contributed by atoms with E-state index in [1.807, 2.05) is 32.0 Å². The van der Waals surface area contributed by atoms with Gasteiger partial charge in [-0.05, 0) is 56.7 Å². The number of esters is 1. The van der Waals surface area contributed by atoms with Gasteiger partial charge in [0.1, 0.15) is 12.4 Å². The number of ether oxygens (including phenoxy) is 3. The molecule has 0 saturated carbocycles. The Balaban J connectivity index is 1.93. The van der Waals surface area contributed by atoms with Crippen molar-refractivity contribution in [3.63, 3.8) is 0 Å². The first-order valence-electron chi connectivity index (χ1n) is 8.71. The molecule has 0 radical (unpaired) electrons. The molecule has 2 aromatic rings. The highest BCUT2D eigenvalue weighted by Gasteiger charge is 2.16. The first kappa shape index (κ1) is 20.5. The Morgan fingerprint density at radius 3 is 2.37 bits per heavy atom. The van der Waals surface area contributed by atoms with E-state index < -0.39 is 12.1 Å². The highest BCUT2D eigenvalue weighted by atomic mass is 16.6. The lowest BCUT2D eigenvalue weighted by Crippen LogP contribution is -2.27. The van der Waals surface area contributed by atoms with Crippen LogP contribution in [0.5, 0.6) is 5.75 Å². The number of hydrogen-bond donors (Lipinski definition) is 1. The molecule has 0 saturated heterocycles. The number of carbonyl (C=O) groups excluding carboxylic acids is 2. The van der Waals surface area contributed by atoms with E-state index >= 15 is 0 Å². The summed E-state index contributed by atoms with van der Waals surface area (Å²) in [7, 11) is 1.53. The molecule has 144 valence electrons. The molecule has 0 spiro atoms. The zero-order chi connectivity index (χ0) is 19.8. The van der Waals surface area contributed by atoms with Crippen LogP contribution < -0.4 is 10.1 Å². The lowest BCUT2D eigenvalue weighted by atomic mass is 10.1. The molecule has 1 atom stereocenters. The van der Waals surface area contributed by atoms with Crippen molar-refractivity contribution in [2.24, 2.45) is 0 Å². The Labute approximate surface area is 159 Å². The molecule has 0 bridgehead atoms. The lowest BCUT2D eigenvalue weighted by molar-refractivity contribution is -0.152. The Hall–Kier alpha value is -2.86. The van der Waals surface area contributed by atoms with Crippen LogP contribution in [0.3, 0.4) is 0 Å². The first-order valence-corrected chi connectivity index (χ1v) is 8.71. The maximum absolute atomic E-state index is 12.4. The first-order chi connectivity index (χ1) is 12.9. The fraction of sp³-hybridized carbons (Fsp3) is 0.333. The van der Waals surface area contributed by atoms with Gasteiger partial charge in [-0.15, -0.1) is 0 Å². The fourth-order valence-corrected chi connectivity index (χ4v) is 2.43. The highest BCUT2D eigenvalue weighted by Crippen LogP contribution is 2.19. The molecule has 27 heavy (non-hydrogen) atoms. The van der Waals surface area contributed by atoms with Gasteiger partial charge in [-0.25, -0.2) is 4.79 Å². The van der Waals surface area contributed by atoms with Gasteiger partial charge < -0.3 is 19.5 Å². The number of rotatable bonds is 8. The van der Waals surface area contributed by atoms with Crippen molar-refractivity contribution in [2.45, 2.75) is 26.9 Å². The van der Waals surface area contributed by atoms with Crippen LogP contribution >= 0.6 is 0 Å². The third-order valence-electron chi connectivity index (χ3n) is 3.92. The van der Waals surface area contributed by atoms with Crippen LogP contribution in [0.2, 0.25) is 0 Å². The minimum Gasteiger partial charge on any atom is -0.479 e. The number of benzene rings is 2. The summed E-state index contributed by atoms with van der Waals surface area (Å²) in [6, 6.07) is 12.4. The van der Waals surface area contributed by atoms with Crippen molar-refractivity contribution in [1.82, 2.24) is 0 Å². The number of nitrogens with one attached hydrogen (secondary N) is 1. The number of amides is 1. The lowest BCUT2D eigenvalue weighted by Gasteiger charge is -2.14. The maximum atomic E-state index is 12.4. The third kappa shape index (κ3) is 6.11. The number of aryl methyl sites for hydroxylation is 2. The van der Waals surface area contributed by atoms with Crippen LogP contribution in [0, 0.1) is 13.8 Å². The summed E-state index contributed by atoms with van der Waals surface area (Å²) >= 11 is 0. The molecule has 1 N–H and O–H groups in total. The second-order valence-corrected chi connectivity index (χ2v) is 6.22. The number of anilines is 1. The van der Waals surface area contributed by atoms with Gasteiger partial charge in [0.15, 0.2) is 6.10 Å². The van der Waals surface area contributed by atoms with E-state index in [1.165, 1.54) is 7.11 Å². The molecular formula is C21H25NO5. The summed E-state index contributed by atoms with van der Waals surface area (Å²) in [6.07, 6.45) is -0.753. The van der Waals surface area contributed by atoms with Crippen molar-refractivity contribution in [1.29, 1.82) is 0 Å². The maximum Gasteiger partial charge on any atom is 0.347 e. The van der Waals surface area contributed by atoms with Crippen LogP contribution in [0.4, 0.5) is 5.69 Å². The SMILES string of the molecule is COCCOC(=O)C(C)Oc1ccc(C(=O)Nc2ccc(C)cc2C)cc1. The Kier molecular flexibility index (Phi) is 7.37. The molecule has 2 rings (SSSR count). The summed E-state index contributed by atoms with van der Waals surface area (Å²) < 4.78 is 15.4. The zero-order valence-corrected chi connectivity index (χ0v) is 16.1. The molecule has 0 aliphatic carbocycles. The molecule has 0 aliphatic heterocycles. The number of carbonyl (C=O) groups is 2. The molecule has 0 heterocycles. The van der Waals surface area contributed by atoms with Crippen molar-refractivity contribution >= 4 is 17.6 Å². The van der Waals surface area contributed by atoms with Crippen LogP contribution in [-0.2, 0) is 14.3 Å². The molecule has 0 fully saturated rings. The number of methoxy groups -OCH3 is 1. The van der Waals surface area contributed by atoms with Crippen LogP contribution in [0.15, 0.2) is 42.5 Å². The Bertz CT molecular complexity index is 786. The van der Waals surface area contributed by atoms with Gasteiger partial charge in [-0.2, -0.15) is 0 Å². The Morgan fingerprint density at radius 1 is 1.04 bits per heavy atom. The smallest absolute Gasteiger partial charge is 0.347 e. The van der Waals surface area contributed by atoms with E-state index in [4.69, 9.17) is 14.2 Å².